The number of benzene rings is 1. The van der Waals surface area contributed by atoms with Gasteiger partial charge in [0.1, 0.15) is 5.69 Å². The van der Waals surface area contributed by atoms with Crippen LogP contribution in [0.5, 0.6) is 0 Å². The van der Waals surface area contributed by atoms with Crippen LogP contribution >= 0.6 is 11.3 Å². The number of furan rings is 1. The summed E-state index contributed by atoms with van der Waals surface area (Å²) in [6, 6.07) is 7.86. The molecule has 3 rings (SSSR count). The van der Waals surface area contributed by atoms with Gasteiger partial charge in [-0.3, -0.25) is 19.7 Å². The summed E-state index contributed by atoms with van der Waals surface area (Å²) in [5.74, 6) is -0.195. The van der Waals surface area contributed by atoms with Crippen molar-refractivity contribution in [3.63, 3.8) is 0 Å². The number of nitro benzene ring substituents is 1. The summed E-state index contributed by atoms with van der Waals surface area (Å²) in [6.07, 6.45) is 4.21. The van der Waals surface area contributed by atoms with Crippen LogP contribution in [0.1, 0.15) is 16.1 Å². The van der Waals surface area contributed by atoms with Crippen LogP contribution in [0.2, 0.25) is 0 Å². The van der Waals surface area contributed by atoms with Gasteiger partial charge in [-0.25, -0.2) is 0 Å². The minimum atomic E-state index is -0.466. The number of nitrogens with zero attached hydrogens (tertiary/aromatic N) is 2. The third-order valence-corrected chi connectivity index (χ3v) is 4.65. The lowest BCUT2D eigenvalue weighted by atomic mass is 10.1. The normalized spacial score (nSPS) is 12.4. The van der Waals surface area contributed by atoms with Gasteiger partial charge in [0.15, 0.2) is 5.76 Å². The van der Waals surface area contributed by atoms with Crippen molar-refractivity contribution >= 4 is 40.6 Å². The minimum Gasteiger partial charge on any atom is -0.461 e. The molecule has 27 heavy (non-hydrogen) atoms. The van der Waals surface area contributed by atoms with Crippen LogP contribution in [0.15, 0.2) is 45.8 Å². The first-order chi connectivity index (χ1) is 12.8. The maximum absolute atomic E-state index is 12.1. The van der Waals surface area contributed by atoms with Crippen LogP contribution < -0.4 is 19.7 Å². The smallest absolute Gasteiger partial charge is 0.293 e. The fourth-order valence-electron chi connectivity index (χ4n) is 2.44. The van der Waals surface area contributed by atoms with Crippen LogP contribution in [-0.2, 0) is 0 Å². The fraction of sp³-hybridized carbons (Fsp3) is 0.111. The summed E-state index contributed by atoms with van der Waals surface area (Å²) in [6.45, 7) is 0. The highest BCUT2D eigenvalue weighted by Gasteiger charge is 2.15. The first-order valence-electron chi connectivity index (χ1n) is 7.81. The highest BCUT2D eigenvalue weighted by molar-refractivity contribution is 7.07. The van der Waals surface area contributed by atoms with Crippen molar-refractivity contribution < 1.29 is 14.1 Å². The molecule has 0 amide bonds. The van der Waals surface area contributed by atoms with E-state index in [0.29, 0.717) is 20.4 Å². The molecule has 0 saturated heterocycles. The second kappa shape index (κ2) is 7.42. The molecule has 0 bridgehead atoms. The number of aromatic nitrogens is 1. The summed E-state index contributed by atoms with van der Waals surface area (Å²) in [7, 11) is 3.43. The van der Waals surface area contributed by atoms with Crippen LogP contribution in [0, 0.1) is 10.1 Å². The third kappa shape index (κ3) is 4.04. The zero-order valence-electron chi connectivity index (χ0n) is 14.5. The van der Waals surface area contributed by atoms with Crippen molar-refractivity contribution in [3.05, 3.63) is 77.6 Å². The molecule has 2 heterocycles. The zero-order chi connectivity index (χ0) is 19.6. The molecule has 1 N–H and O–H groups in total. The van der Waals surface area contributed by atoms with E-state index >= 15 is 0 Å². The summed E-state index contributed by atoms with van der Waals surface area (Å²) in [5.41, 5.74) is 0.554. The van der Waals surface area contributed by atoms with E-state index in [0.717, 1.165) is 11.3 Å². The van der Waals surface area contributed by atoms with Gasteiger partial charge in [0.05, 0.1) is 20.4 Å². The van der Waals surface area contributed by atoms with Crippen LogP contribution in [-0.4, -0.2) is 29.8 Å². The minimum absolute atomic E-state index is 0.0542. The molecule has 0 aliphatic carbocycles. The maximum Gasteiger partial charge on any atom is 0.293 e. The Morgan fingerprint density at radius 1 is 1.33 bits per heavy atom. The molecule has 0 saturated carbocycles. The molecule has 0 atom stereocenters. The number of rotatable bonds is 5. The van der Waals surface area contributed by atoms with Crippen molar-refractivity contribution in [2.45, 2.75) is 0 Å². The Bertz CT molecular complexity index is 1170. The van der Waals surface area contributed by atoms with Gasteiger partial charge in [0.2, 0.25) is 5.78 Å². The van der Waals surface area contributed by atoms with E-state index in [2.05, 4.69) is 4.98 Å². The maximum atomic E-state index is 12.1. The van der Waals surface area contributed by atoms with Crippen molar-refractivity contribution in [2.75, 3.05) is 19.0 Å². The van der Waals surface area contributed by atoms with E-state index in [9.17, 15) is 19.7 Å². The van der Waals surface area contributed by atoms with E-state index in [1.54, 1.807) is 43.3 Å². The topological polar surface area (TPSA) is 109 Å². The van der Waals surface area contributed by atoms with Crippen LogP contribution in [0.25, 0.3) is 12.2 Å². The number of ketones is 1. The molecule has 8 nitrogen and oxygen atoms in total. The second-order valence-electron chi connectivity index (χ2n) is 5.81. The number of thiazole rings is 1. The lowest BCUT2D eigenvalue weighted by Crippen LogP contribution is -2.20. The molecule has 0 fully saturated rings. The number of anilines is 1. The molecule has 1 aromatic carbocycles. The van der Waals surface area contributed by atoms with Crippen LogP contribution in [0.4, 0.5) is 11.4 Å². The third-order valence-electron chi connectivity index (χ3n) is 3.68. The van der Waals surface area contributed by atoms with E-state index in [1.807, 2.05) is 0 Å². The van der Waals surface area contributed by atoms with Gasteiger partial charge in [-0.1, -0.05) is 6.07 Å². The number of hydrogen-bond donors (Lipinski definition) is 1. The zero-order valence-corrected chi connectivity index (χ0v) is 15.3. The van der Waals surface area contributed by atoms with E-state index in [1.165, 1.54) is 24.5 Å². The van der Waals surface area contributed by atoms with Gasteiger partial charge < -0.3 is 14.3 Å². The lowest BCUT2D eigenvalue weighted by Gasteiger charge is -2.12. The number of carbonyl (C=O) groups excluding carboxylic acids is 1. The molecular formula is C18H15N3O5S. The highest BCUT2D eigenvalue weighted by atomic mass is 32.1. The number of aromatic amines is 1. The first-order valence-corrected chi connectivity index (χ1v) is 8.63. The number of nitrogens with one attached hydrogen (secondary N) is 1. The van der Waals surface area contributed by atoms with Crippen molar-refractivity contribution in [2.24, 2.45) is 0 Å². The average Bonchev–Trinajstić information content (AvgIpc) is 3.25. The predicted octanol–water partition coefficient (Wildman–Crippen LogP) is 1.50. The first kappa shape index (κ1) is 18.3. The number of Topliss-reactive ketones (excluding diaryl/α,β-unsaturated/α-hetero) is 1. The molecule has 9 heteroatoms. The SMILES string of the molecule is CN(C)c1ccc(C=c2sc(=CC(=O)c3ccco3)[nH]c2=O)cc1[N+](=O)[O-]. The standard InChI is InChI=1S/C18H15N3O5S/c1-20(2)12-6-5-11(8-13(12)21(24)25)9-16-18(23)19-17(27-16)10-14(22)15-4-3-7-26-15/h3-10H,1-2H3,(H,19,23). The summed E-state index contributed by atoms with van der Waals surface area (Å²) in [4.78, 5) is 39.2. The molecular weight excluding hydrogens is 370 g/mol. The van der Waals surface area contributed by atoms with E-state index < -0.39 is 4.92 Å². The quantitative estimate of drug-likeness (QED) is 0.405. The second-order valence-corrected chi connectivity index (χ2v) is 6.90. The van der Waals surface area contributed by atoms with E-state index in [-0.39, 0.29) is 22.8 Å². The monoisotopic (exact) mass is 385 g/mol. The number of H-pyrrole nitrogens is 1. The van der Waals surface area contributed by atoms with Gasteiger partial charge in [-0.05, 0) is 29.8 Å². The van der Waals surface area contributed by atoms with Gasteiger partial charge in [-0.2, -0.15) is 0 Å². The van der Waals surface area contributed by atoms with Crippen molar-refractivity contribution in [1.82, 2.24) is 4.98 Å². The molecule has 0 unspecified atom stereocenters. The van der Waals surface area contributed by atoms with Gasteiger partial charge in [-0.15, -0.1) is 11.3 Å². The lowest BCUT2D eigenvalue weighted by molar-refractivity contribution is -0.384. The van der Waals surface area contributed by atoms with Crippen molar-refractivity contribution in [3.8, 4) is 0 Å². The van der Waals surface area contributed by atoms with Gasteiger partial charge in [0.25, 0.3) is 11.2 Å². The van der Waals surface area contributed by atoms with E-state index in [4.69, 9.17) is 4.42 Å². The van der Waals surface area contributed by atoms with Gasteiger partial charge in [0, 0.05) is 26.2 Å². The highest BCUT2D eigenvalue weighted by Crippen LogP contribution is 2.27. The Morgan fingerprint density at radius 2 is 2.11 bits per heavy atom. The molecule has 3 aromatic rings. The number of carbonyl (C=O) groups is 1. The number of nitro groups is 1. The Kier molecular flexibility index (Phi) is 5.04. The van der Waals surface area contributed by atoms with Crippen LogP contribution in [0.3, 0.4) is 0 Å². The Labute approximate surface area is 156 Å². The summed E-state index contributed by atoms with van der Waals surface area (Å²) < 4.78 is 5.72. The molecule has 0 aliphatic heterocycles. The summed E-state index contributed by atoms with van der Waals surface area (Å²) >= 11 is 1.08. The van der Waals surface area contributed by atoms with Crippen molar-refractivity contribution in [1.29, 1.82) is 0 Å². The van der Waals surface area contributed by atoms with Gasteiger partial charge >= 0.3 is 0 Å². The molecule has 0 spiro atoms. The Hall–Kier alpha value is -3.46. The fourth-order valence-corrected chi connectivity index (χ4v) is 3.32. The Balaban J connectivity index is 2.03. The molecule has 0 aliphatic rings. The Morgan fingerprint density at radius 3 is 2.74 bits per heavy atom. The largest absolute Gasteiger partial charge is 0.461 e. The average molecular weight is 385 g/mol. The summed E-state index contributed by atoms with van der Waals surface area (Å²) in [5, 5.41) is 11.3. The molecule has 2 aromatic heterocycles. The molecule has 138 valence electrons. The predicted molar refractivity (Wildman–Crippen MR) is 103 cm³/mol. The molecule has 0 radical (unpaired) electrons. The number of hydrogen-bond acceptors (Lipinski definition) is 7.